The summed E-state index contributed by atoms with van der Waals surface area (Å²) in [5.41, 5.74) is 0. The van der Waals surface area contributed by atoms with Gasteiger partial charge in [-0.15, -0.1) is 0 Å². The largest absolute Gasteiger partial charge is 0.472 e. The number of ether oxygens (including phenoxy) is 4. The first-order valence-electron chi connectivity index (χ1n) is 41.6. The number of phosphoric ester groups is 2. The predicted molar refractivity (Wildman–Crippen MR) is 405 cm³/mol. The molecule has 3 N–H and O–H groups in total. The minimum atomic E-state index is -4.96. The summed E-state index contributed by atoms with van der Waals surface area (Å²) in [7, 11) is -9.91. The molecule has 0 fully saturated rings. The second-order valence-electron chi connectivity index (χ2n) is 29.3. The number of phosphoric acid groups is 2. The van der Waals surface area contributed by atoms with E-state index in [0.717, 1.165) is 109 Å². The maximum atomic E-state index is 13.1. The number of aliphatic hydroxyl groups is 1. The fourth-order valence-electron chi connectivity index (χ4n) is 12.4. The maximum absolute atomic E-state index is 13.1. The van der Waals surface area contributed by atoms with Gasteiger partial charge >= 0.3 is 39.5 Å². The quantitative estimate of drug-likeness (QED) is 0.0222. The van der Waals surface area contributed by atoms with Crippen LogP contribution in [0.5, 0.6) is 0 Å². The van der Waals surface area contributed by atoms with Crippen LogP contribution in [0.25, 0.3) is 0 Å². The molecule has 17 nitrogen and oxygen atoms in total. The van der Waals surface area contributed by atoms with Crippen LogP contribution in [0.1, 0.15) is 426 Å². The van der Waals surface area contributed by atoms with Crippen LogP contribution in [0.3, 0.4) is 0 Å². The molecule has 0 aromatic heterocycles. The molecule has 0 aromatic rings. The molecule has 0 amide bonds. The molecule has 0 saturated heterocycles. The second kappa shape index (κ2) is 73.0. The summed E-state index contributed by atoms with van der Waals surface area (Å²) in [6.07, 6.45) is 64.1. The highest BCUT2D eigenvalue weighted by Gasteiger charge is 2.30. The third-order valence-corrected chi connectivity index (χ3v) is 20.7. The van der Waals surface area contributed by atoms with Gasteiger partial charge < -0.3 is 33.8 Å². The third-order valence-electron chi connectivity index (χ3n) is 18.8. The third kappa shape index (κ3) is 74.1. The first-order valence-corrected chi connectivity index (χ1v) is 44.6. The van der Waals surface area contributed by atoms with Gasteiger partial charge in [-0.1, -0.05) is 375 Å². The van der Waals surface area contributed by atoms with Gasteiger partial charge in [-0.25, -0.2) is 9.13 Å². The monoisotopic (exact) mass is 1450 g/mol. The van der Waals surface area contributed by atoms with Crippen molar-refractivity contribution in [3.63, 3.8) is 0 Å². The molecule has 0 aliphatic carbocycles. The van der Waals surface area contributed by atoms with Crippen molar-refractivity contribution in [2.45, 2.75) is 445 Å². The van der Waals surface area contributed by atoms with Crippen LogP contribution >= 0.6 is 15.6 Å². The van der Waals surface area contributed by atoms with Crippen LogP contribution < -0.4 is 0 Å². The first-order chi connectivity index (χ1) is 48.0. The van der Waals surface area contributed by atoms with E-state index in [1.54, 1.807) is 0 Å². The van der Waals surface area contributed by atoms with Crippen LogP contribution in [-0.2, 0) is 65.4 Å². The van der Waals surface area contributed by atoms with Crippen molar-refractivity contribution in [1.82, 2.24) is 0 Å². The molecule has 0 aromatic carbocycles. The minimum absolute atomic E-state index is 0.107. The number of hydrogen-bond acceptors (Lipinski definition) is 15. The van der Waals surface area contributed by atoms with E-state index in [4.69, 9.17) is 37.0 Å². The topological polar surface area (TPSA) is 237 Å². The zero-order valence-electron chi connectivity index (χ0n) is 64.6. The van der Waals surface area contributed by atoms with Gasteiger partial charge in [0.05, 0.1) is 26.4 Å². The summed E-state index contributed by atoms with van der Waals surface area (Å²) in [5.74, 6) is -1.35. The molecule has 0 heterocycles. The summed E-state index contributed by atoms with van der Waals surface area (Å²) in [6.45, 7) is 7.28. The molecule has 2 unspecified atom stereocenters. The van der Waals surface area contributed by atoms with Crippen molar-refractivity contribution < 1.29 is 80.2 Å². The van der Waals surface area contributed by atoms with Crippen molar-refractivity contribution in [3.8, 4) is 0 Å². The molecule has 0 bridgehead atoms. The lowest BCUT2D eigenvalue weighted by Crippen LogP contribution is -2.30. The normalized spacial score (nSPS) is 13.9. The fraction of sp³-hybridized carbons (Fsp3) is 0.950. The molecule has 19 heteroatoms. The van der Waals surface area contributed by atoms with E-state index in [1.807, 2.05) is 0 Å². The van der Waals surface area contributed by atoms with Gasteiger partial charge in [0.25, 0.3) is 0 Å². The van der Waals surface area contributed by atoms with E-state index < -0.39 is 97.5 Å². The van der Waals surface area contributed by atoms with Gasteiger partial charge in [-0.2, -0.15) is 0 Å². The molecule has 99 heavy (non-hydrogen) atoms. The number of hydrogen-bond donors (Lipinski definition) is 3. The van der Waals surface area contributed by atoms with Gasteiger partial charge in [0.1, 0.15) is 19.3 Å². The van der Waals surface area contributed by atoms with Gasteiger partial charge in [0, 0.05) is 25.7 Å². The van der Waals surface area contributed by atoms with Gasteiger partial charge in [0.2, 0.25) is 0 Å². The highest BCUT2D eigenvalue weighted by molar-refractivity contribution is 7.47. The average molecular weight is 1450 g/mol. The Morgan fingerprint density at radius 1 is 0.273 bits per heavy atom. The van der Waals surface area contributed by atoms with Crippen LogP contribution in [0.15, 0.2) is 0 Å². The Bertz CT molecular complexity index is 1890. The molecule has 5 atom stereocenters. The molecule has 588 valence electrons. The number of carbonyl (C=O) groups is 4. The highest BCUT2D eigenvalue weighted by atomic mass is 31.2. The number of rotatable bonds is 80. The average Bonchev–Trinajstić information content (AvgIpc) is 1.28. The summed E-state index contributed by atoms with van der Waals surface area (Å²) in [6, 6.07) is 0. The number of unbranched alkanes of at least 4 members (excludes halogenated alkanes) is 52. The Kier molecular flexibility index (Phi) is 71.6. The molecular weight excluding hydrogens is 1290 g/mol. The summed E-state index contributed by atoms with van der Waals surface area (Å²) in [4.78, 5) is 72.8. The number of esters is 4. The van der Waals surface area contributed by atoms with Crippen molar-refractivity contribution >= 4 is 39.5 Å². The Balaban J connectivity index is 5.17. The fourth-order valence-corrected chi connectivity index (χ4v) is 14.0. The van der Waals surface area contributed by atoms with Crippen molar-refractivity contribution in [2.24, 2.45) is 5.92 Å². The van der Waals surface area contributed by atoms with Gasteiger partial charge in [-0.3, -0.25) is 37.3 Å². The van der Waals surface area contributed by atoms with Crippen molar-refractivity contribution in [2.75, 3.05) is 39.6 Å². The summed E-state index contributed by atoms with van der Waals surface area (Å²) in [5, 5.41) is 10.6. The lowest BCUT2D eigenvalue weighted by atomic mass is 10.0. The Morgan fingerprint density at radius 3 is 0.687 bits per heavy atom. The number of aliphatic hydroxyl groups excluding tert-OH is 1. The van der Waals surface area contributed by atoms with E-state index in [9.17, 15) is 43.2 Å². The van der Waals surface area contributed by atoms with E-state index >= 15 is 0 Å². The lowest BCUT2D eigenvalue weighted by molar-refractivity contribution is -0.161. The lowest BCUT2D eigenvalue weighted by Gasteiger charge is -2.21. The maximum Gasteiger partial charge on any atom is 0.472 e. The van der Waals surface area contributed by atoms with Crippen LogP contribution in [0, 0.1) is 5.92 Å². The van der Waals surface area contributed by atoms with Gasteiger partial charge in [0.15, 0.2) is 12.2 Å². The van der Waals surface area contributed by atoms with Gasteiger partial charge in [-0.05, 0) is 31.6 Å². The molecule has 0 aliphatic rings. The number of carbonyl (C=O) groups excluding carboxylic acids is 4. The molecule has 0 saturated carbocycles. The van der Waals surface area contributed by atoms with E-state index in [-0.39, 0.29) is 25.7 Å². The highest BCUT2D eigenvalue weighted by Crippen LogP contribution is 2.45. The molecule has 0 rings (SSSR count). The SMILES string of the molecule is CCCCCCCCCCCCCCCCCCCCCCCC(=O)O[C@H](COC(=O)CCCCCCCCCCCCCCCCCCC)COP(=O)(O)OC[C@@H](O)COP(=O)(O)OC[C@@H](COC(=O)CCCCCCCCC)OC(=O)CCCCCCCCCCCCCC(C)C. The molecule has 0 radical (unpaired) electrons. The van der Waals surface area contributed by atoms with E-state index in [2.05, 4.69) is 34.6 Å². The first kappa shape index (κ1) is 97.1. The molecule has 0 aliphatic heterocycles. The van der Waals surface area contributed by atoms with Crippen molar-refractivity contribution in [1.29, 1.82) is 0 Å². The Morgan fingerprint density at radius 2 is 0.465 bits per heavy atom. The Labute approximate surface area is 607 Å². The van der Waals surface area contributed by atoms with Crippen LogP contribution in [0.2, 0.25) is 0 Å². The minimum Gasteiger partial charge on any atom is -0.462 e. The summed E-state index contributed by atoms with van der Waals surface area (Å²) < 4.78 is 68.6. The summed E-state index contributed by atoms with van der Waals surface area (Å²) >= 11 is 0. The standard InChI is InChI=1S/C80H156O17P2/c1-6-9-12-15-18-20-22-24-26-28-29-30-31-33-35-37-41-45-50-55-60-65-79(84)97-76(70-91-78(83)64-59-54-49-44-40-36-34-32-27-25-23-21-19-16-13-10-7-2)72-95-99(88,89)93-68-74(81)67-92-98(86,87)94-71-75(69-90-77(82)63-58-53-47-17-14-11-8-3)96-80(85)66-61-56-51-46-42-38-39-43-48-52-57-62-73(4)5/h73-76,81H,6-72H2,1-5H3,(H,86,87)(H,88,89)/t74-,75+,76+/m0/s1. The Hall–Kier alpha value is -1.94. The predicted octanol–water partition coefficient (Wildman–Crippen LogP) is 24.0. The zero-order valence-corrected chi connectivity index (χ0v) is 66.4. The smallest absolute Gasteiger partial charge is 0.462 e. The van der Waals surface area contributed by atoms with Crippen LogP contribution in [0.4, 0.5) is 0 Å². The van der Waals surface area contributed by atoms with Crippen molar-refractivity contribution in [3.05, 3.63) is 0 Å². The second-order valence-corrected chi connectivity index (χ2v) is 32.2. The van der Waals surface area contributed by atoms with E-state index in [1.165, 1.54) is 238 Å². The van der Waals surface area contributed by atoms with E-state index in [0.29, 0.717) is 25.7 Å². The molecular formula is C80H156O17P2. The van der Waals surface area contributed by atoms with Crippen LogP contribution in [-0.4, -0.2) is 96.7 Å². The zero-order chi connectivity index (χ0) is 72.7. The molecule has 0 spiro atoms.